The number of hydrogen-bond donors (Lipinski definition) is 0. The van der Waals surface area contributed by atoms with Gasteiger partial charge in [0.1, 0.15) is 0 Å². The Bertz CT molecular complexity index is 656. The van der Waals surface area contributed by atoms with Gasteiger partial charge in [-0.3, -0.25) is 10.1 Å². The average Bonchev–Trinajstić information content (AvgIpc) is 2.38. The Labute approximate surface area is 123 Å². The lowest BCUT2D eigenvalue weighted by Crippen LogP contribution is -1.91. The van der Waals surface area contributed by atoms with E-state index in [0.717, 1.165) is 10.0 Å². The molecule has 0 saturated carbocycles. The van der Waals surface area contributed by atoms with Crippen molar-refractivity contribution in [2.45, 2.75) is 0 Å². The maximum absolute atomic E-state index is 11.0. The number of hydrogen-bond acceptors (Lipinski definition) is 2. The molecule has 3 nitrogen and oxygen atoms in total. The van der Waals surface area contributed by atoms with Crippen LogP contribution in [0.15, 0.2) is 46.9 Å². The normalized spacial score (nSPS) is 10.8. The lowest BCUT2D eigenvalue weighted by Gasteiger charge is -2.00. The molecule has 2 aromatic carbocycles. The molecule has 2 rings (SSSR count). The van der Waals surface area contributed by atoms with Crippen molar-refractivity contribution >= 4 is 45.4 Å². The molecule has 0 unspecified atom stereocenters. The average molecular weight is 339 g/mol. The monoisotopic (exact) mass is 337 g/mol. The fraction of sp³-hybridized carbons (Fsp3) is 0. The molecule has 2 aromatic rings. The molecule has 0 N–H and O–H groups in total. The highest BCUT2D eigenvalue weighted by atomic mass is 79.9. The Balaban J connectivity index is 2.39. The van der Waals surface area contributed by atoms with Crippen LogP contribution in [0.5, 0.6) is 0 Å². The zero-order valence-corrected chi connectivity index (χ0v) is 12.1. The third-order valence-electron chi connectivity index (χ3n) is 2.54. The molecule has 0 aliphatic rings. The van der Waals surface area contributed by atoms with Gasteiger partial charge in [-0.1, -0.05) is 51.8 Å². The van der Waals surface area contributed by atoms with E-state index in [0.29, 0.717) is 10.6 Å². The molecular formula is C14H9BrClNO2. The van der Waals surface area contributed by atoms with Crippen LogP contribution in [0, 0.1) is 10.1 Å². The molecule has 0 atom stereocenters. The fourth-order valence-electron chi connectivity index (χ4n) is 1.61. The molecule has 0 aliphatic heterocycles. The molecule has 0 saturated heterocycles. The number of nitro groups is 1. The lowest BCUT2D eigenvalue weighted by molar-refractivity contribution is -0.385. The third kappa shape index (κ3) is 3.43. The van der Waals surface area contributed by atoms with Crippen molar-refractivity contribution in [3.63, 3.8) is 0 Å². The zero-order valence-electron chi connectivity index (χ0n) is 9.72. The molecule has 0 aromatic heterocycles. The summed E-state index contributed by atoms with van der Waals surface area (Å²) in [5, 5.41) is 11.3. The van der Waals surface area contributed by atoms with Crippen LogP contribution in [0.2, 0.25) is 5.02 Å². The van der Waals surface area contributed by atoms with Crippen molar-refractivity contribution in [2.75, 3.05) is 0 Å². The van der Waals surface area contributed by atoms with Gasteiger partial charge in [0, 0.05) is 15.6 Å². The second kappa shape index (κ2) is 5.99. The largest absolute Gasteiger partial charge is 0.278 e. The van der Waals surface area contributed by atoms with Gasteiger partial charge in [-0.05, 0) is 29.8 Å². The van der Waals surface area contributed by atoms with E-state index in [9.17, 15) is 10.1 Å². The zero-order chi connectivity index (χ0) is 13.8. The van der Waals surface area contributed by atoms with Gasteiger partial charge in [0.2, 0.25) is 0 Å². The first-order valence-electron chi connectivity index (χ1n) is 5.44. The minimum Gasteiger partial charge on any atom is -0.258 e. The SMILES string of the molecule is O=[N+]([O-])c1cc(Cl)ccc1/C=C/c1ccccc1Br. The quantitative estimate of drug-likeness (QED) is 0.439. The Hall–Kier alpha value is -1.65. The highest BCUT2D eigenvalue weighted by molar-refractivity contribution is 9.10. The summed E-state index contributed by atoms with van der Waals surface area (Å²) in [6.07, 6.45) is 3.52. The van der Waals surface area contributed by atoms with Crippen LogP contribution in [0.1, 0.15) is 11.1 Å². The van der Waals surface area contributed by atoms with Crippen LogP contribution in [0.4, 0.5) is 5.69 Å². The molecule has 96 valence electrons. The second-order valence-corrected chi connectivity index (χ2v) is 5.11. The second-order valence-electron chi connectivity index (χ2n) is 3.82. The van der Waals surface area contributed by atoms with E-state index < -0.39 is 4.92 Å². The molecule has 19 heavy (non-hydrogen) atoms. The van der Waals surface area contributed by atoms with Crippen LogP contribution >= 0.6 is 27.5 Å². The molecular weight excluding hydrogens is 330 g/mol. The van der Waals surface area contributed by atoms with E-state index in [1.54, 1.807) is 18.2 Å². The van der Waals surface area contributed by atoms with Gasteiger partial charge in [-0.2, -0.15) is 0 Å². The van der Waals surface area contributed by atoms with E-state index in [1.165, 1.54) is 6.07 Å². The Kier molecular flexibility index (Phi) is 4.35. The Morgan fingerprint density at radius 2 is 1.79 bits per heavy atom. The van der Waals surface area contributed by atoms with Crippen molar-refractivity contribution in [3.05, 3.63) is 73.2 Å². The van der Waals surface area contributed by atoms with E-state index in [2.05, 4.69) is 15.9 Å². The maximum atomic E-state index is 11.0. The first kappa shape index (κ1) is 13.8. The lowest BCUT2D eigenvalue weighted by atomic mass is 10.1. The highest BCUT2D eigenvalue weighted by Crippen LogP contribution is 2.26. The summed E-state index contributed by atoms with van der Waals surface area (Å²) in [4.78, 5) is 10.5. The van der Waals surface area contributed by atoms with Gasteiger partial charge in [-0.15, -0.1) is 0 Å². The van der Waals surface area contributed by atoms with Gasteiger partial charge in [-0.25, -0.2) is 0 Å². The van der Waals surface area contributed by atoms with Crippen LogP contribution in [0.3, 0.4) is 0 Å². The van der Waals surface area contributed by atoms with Crippen molar-refractivity contribution in [1.82, 2.24) is 0 Å². The molecule has 0 radical (unpaired) electrons. The van der Waals surface area contributed by atoms with Crippen LogP contribution in [-0.2, 0) is 0 Å². The van der Waals surface area contributed by atoms with Crippen molar-refractivity contribution in [1.29, 1.82) is 0 Å². The smallest absolute Gasteiger partial charge is 0.258 e. The summed E-state index contributed by atoms with van der Waals surface area (Å²) in [6, 6.07) is 12.3. The first-order chi connectivity index (χ1) is 9.08. The van der Waals surface area contributed by atoms with Gasteiger partial charge < -0.3 is 0 Å². The Morgan fingerprint density at radius 1 is 1.11 bits per heavy atom. The van der Waals surface area contributed by atoms with Gasteiger partial charge >= 0.3 is 0 Å². The number of benzene rings is 2. The van der Waals surface area contributed by atoms with E-state index >= 15 is 0 Å². The van der Waals surface area contributed by atoms with E-state index in [4.69, 9.17) is 11.6 Å². The summed E-state index contributed by atoms with van der Waals surface area (Å²) < 4.78 is 0.933. The molecule has 0 amide bonds. The van der Waals surface area contributed by atoms with Gasteiger partial charge in [0.25, 0.3) is 5.69 Å². The Morgan fingerprint density at radius 3 is 2.47 bits per heavy atom. The molecule has 0 spiro atoms. The van der Waals surface area contributed by atoms with Crippen molar-refractivity contribution < 1.29 is 4.92 Å². The molecule has 0 heterocycles. The molecule has 5 heteroatoms. The standard InChI is InChI=1S/C14H9BrClNO2/c15-13-4-2-1-3-10(13)5-6-11-7-8-12(16)9-14(11)17(18)19/h1-9H/b6-5+. The predicted molar refractivity (Wildman–Crippen MR) is 81.2 cm³/mol. The molecule has 0 bridgehead atoms. The minimum atomic E-state index is -0.439. The fourth-order valence-corrected chi connectivity index (χ4v) is 2.19. The van der Waals surface area contributed by atoms with Crippen molar-refractivity contribution in [2.24, 2.45) is 0 Å². The van der Waals surface area contributed by atoms with Gasteiger partial charge in [0.05, 0.1) is 10.5 Å². The van der Waals surface area contributed by atoms with Gasteiger partial charge in [0.15, 0.2) is 0 Å². The van der Waals surface area contributed by atoms with E-state index in [1.807, 2.05) is 30.3 Å². The summed E-state index contributed by atoms with van der Waals surface area (Å²) >= 11 is 9.19. The summed E-state index contributed by atoms with van der Waals surface area (Å²) in [6.45, 7) is 0. The summed E-state index contributed by atoms with van der Waals surface area (Å²) in [7, 11) is 0. The van der Waals surface area contributed by atoms with Crippen molar-refractivity contribution in [3.8, 4) is 0 Å². The minimum absolute atomic E-state index is 0.00389. The molecule has 0 fully saturated rings. The number of nitro benzene ring substituents is 1. The maximum Gasteiger partial charge on any atom is 0.278 e. The number of halogens is 2. The first-order valence-corrected chi connectivity index (χ1v) is 6.61. The third-order valence-corrected chi connectivity index (χ3v) is 3.49. The molecule has 0 aliphatic carbocycles. The van der Waals surface area contributed by atoms with Crippen LogP contribution in [-0.4, -0.2) is 4.92 Å². The van der Waals surface area contributed by atoms with Crippen LogP contribution in [0.25, 0.3) is 12.2 Å². The highest BCUT2D eigenvalue weighted by Gasteiger charge is 2.11. The van der Waals surface area contributed by atoms with Crippen LogP contribution < -0.4 is 0 Å². The summed E-state index contributed by atoms with van der Waals surface area (Å²) in [5.74, 6) is 0. The summed E-state index contributed by atoms with van der Waals surface area (Å²) in [5.41, 5.74) is 1.47. The number of nitrogens with zero attached hydrogens (tertiary/aromatic N) is 1. The topological polar surface area (TPSA) is 43.1 Å². The predicted octanol–water partition coefficient (Wildman–Crippen LogP) is 5.18. The number of rotatable bonds is 3. The van der Waals surface area contributed by atoms with E-state index in [-0.39, 0.29) is 5.69 Å².